The van der Waals surface area contributed by atoms with Gasteiger partial charge in [-0.15, -0.1) is 10.2 Å². The second-order valence-electron chi connectivity index (χ2n) is 7.19. The summed E-state index contributed by atoms with van der Waals surface area (Å²) in [6.07, 6.45) is 0.320. The van der Waals surface area contributed by atoms with Gasteiger partial charge in [-0.3, -0.25) is 9.36 Å². The van der Waals surface area contributed by atoms with Gasteiger partial charge in [0.1, 0.15) is 18.1 Å². The Labute approximate surface area is 207 Å². The number of aromatic nitrogens is 3. The number of benzene rings is 3. The molecule has 0 saturated carbocycles. The molecular weight excluding hydrogens is 472 g/mol. The molecule has 0 spiro atoms. The van der Waals surface area contributed by atoms with Gasteiger partial charge < -0.3 is 14.8 Å². The number of carbonyl (C=O) groups is 1. The van der Waals surface area contributed by atoms with E-state index in [1.807, 2.05) is 65.2 Å². The number of para-hydroxylation sites is 1. The van der Waals surface area contributed by atoms with Crippen LogP contribution in [0.1, 0.15) is 12.2 Å². The lowest BCUT2D eigenvalue weighted by Gasteiger charge is -2.11. The Balaban J connectivity index is 1.41. The topological polar surface area (TPSA) is 78.3 Å². The van der Waals surface area contributed by atoms with Gasteiger partial charge >= 0.3 is 0 Å². The van der Waals surface area contributed by atoms with E-state index in [0.29, 0.717) is 45.4 Å². The van der Waals surface area contributed by atoms with Crippen molar-refractivity contribution < 1.29 is 14.3 Å². The molecular formula is C25H23ClN4O3S. The first-order valence-electron chi connectivity index (χ1n) is 10.6. The van der Waals surface area contributed by atoms with E-state index in [0.717, 1.165) is 5.69 Å². The van der Waals surface area contributed by atoms with Crippen LogP contribution < -0.4 is 14.8 Å². The maximum atomic E-state index is 12.4. The summed E-state index contributed by atoms with van der Waals surface area (Å²) in [5.41, 5.74) is 1.62. The third-order valence-corrected chi connectivity index (χ3v) is 5.99. The summed E-state index contributed by atoms with van der Waals surface area (Å²) in [7, 11) is 1.59. The number of methoxy groups -OCH3 is 1. The highest BCUT2D eigenvalue weighted by atomic mass is 35.5. The van der Waals surface area contributed by atoms with Gasteiger partial charge in [-0.1, -0.05) is 47.6 Å². The van der Waals surface area contributed by atoms with Gasteiger partial charge in [-0.2, -0.15) is 0 Å². The molecule has 0 saturated heterocycles. The van der Waals surface area contributed by atoms with Crippen molar-refractivity contribution in [1.82, 2.24) is 14.8 Å². The molecule has 0 fully saturated rings. The number of anilines is 1. The number of hydrogen-bond donors (Lipinski definition) is 1. The zero-order valence-corrected chi connectivity index (χ0v) is 20.1. The number of rotatable bonds is 10. The second kappa shape index (κ2) is 11.6. The van der Waals surface area contributed by atoms with Crippen molar-refractivity contribution in [2.75, 3.05) is 18.2 Å². The largest absolute Gasteiger partial charge is 0.497 e. The van der Waals surface area contributed by atoms with Crippen LogP contribution >= 0.6 is 23.4 Å². The number of carbonyl (C=O) groups excluding carboxylic acids is 1. The minimum Gasteiger partial charge on any atom is -0.497 e. The first-order valence-corrected chi connectivity index (χ1v) is 11.9. The number of hydrogen-bond acceptors (Lipinski definition) is 6. The molecule has 0 aliphatic heterocycles. The highest BCUT2D eigenvalue weighted by molar-refractivity contribution is 7.99. The van der Waals surface area contributed by atoms with Crippen LogP contribution in [0.15, 0.2) is 84.0 Å². The maximum Gasteiger partial charge on any atom is 0.225 e. The highest BCUT2D eigenvalue weighted by Gasteiger charge is 2.16. The van der Waals surface area contributed by atoms with Crippen LogP contribution in [0.3, 0.4) is 0 Å². The van der Waals surface area contributed by atoms with Crippen LogP contribution in [-0.2, 0) is 11.4 Å². The highest BCUT2D eigenvalue weighted by Crippen LogP contribution is 2.24. The van der Waals surface area contributed by atoms with Gasteiger partial charge in [0, 0.05) is 34.6 Å². The van der Waals surface area contributed by atoms with Crippen molar-refractivity contribution >= 4 is 35.0 Å². The first-order chi connectivity index (χ1) is 16.6. The van der Waals surface area contributed by atoms with E-state index in [2.05, 4.69) is 15.5 Å². The first kappa shape index (κ1) is 23.7. The number of nitrogens with one attached hydrogen (secondary N) is 1. The van der Waals surface area contributed by atoms with Crippen LogP contribution in [0.25, 0.3) is 5.69 Å². The predicted molar refractivity (Wildman–Crippen MR) is 134 cm³/mol. The molecule has 34 heavy (non-hydrogen) atoms. The van der Waals surface area contributed by atoms with E-state index in [-0.39, 0.29) is 12.5 Å². The van der Waals surface area contributed by atoms with Crippen LogP contribution in [0.2, 0.25) is 5.02 Å². The average molecular weight is 495 g/mol. The molecule has 9 heteroatoms. The van der Waals surface area contributed by atoms with Gasteiger partial charge in [0.2, 0.25) is 5.91 Å². The summed E-state index contributed by atoms with van der Waals surface area (Å²) in [6, 6.07) is 24.3. The Kier molecular flexibility index (Phi) is 8.06. The molecule has 0 unspecified atom stereocenters. The summed E-state index contributed by atoms with van der Waals surface area (Å²) in [5, 5.41) is 12.9. The molecule has 0 radical (unpaired) electrons. The second-order valence-corrected chi connectivity index (χ2v) is 8.69. The van der Waals surface area contributed by atoms with Crippen molar-refractivity contribution in [1.29, 1.82) is 0 Å². The minimum absolute atomic E-state index is 0.0853. The molecule has 4 aromatic rings. The quantitative estimate of drug-likeness (QED) is 0.288. The molecule has 1 N–H and O–H groups in total. The lowest BCUT2D eigenvalue weighted by molar-refractivity contribution is -0.115. The summed E-state index contributed by atoms with van der Waals surface area (Å²) in [4.78, 5) is 12.4. The van der Waals surface area contributed by atoms with Crippen LogP contribution in [0, 0.1) is 0 Å². The predicted octanol–water partition coefficient (Wildman–Crippen LogP) is 5.63. The van der Waals surface area contributed by atoms with Crippen molar-refractivity contribution in [3.63, 3.8) is 0 Å². The molecule has 0 bridgehead atoms. The molecule has 3 aromatic carbocycles. The van der Waals surface area contributed by atoms with Gasteiger partial charge in [0.25, 0.3) is 0 Å². The van der Waals surface area contributed by atoms with E-state index in [1.165, 1.54) is 11.8 Å². The lowest BCUT2D eigenvalue weighted by Crippen LogP contribution is -2.12. The maximum absolute atomic E-state index is 12.4. The molecule has 4 rings (SSSR count). The average Bonchev–Trinajstić information content (AvgIpc) is 3.27. The smallest absolute Gasteiger partial charge is 0.225 e. The Bertz CT molecular complexity index is 1230. The van der Waals surface area contributed by atoms with Crippen molar-refractivity contribution in [3.05, 3.63) is 89.7 Å². The minimum atomic E-state index is -0.0853. The van der Waals surface area contributed by atoms with E-state index in [9.17, 15) is 4.79 Å². The van der Waals surface area contributed by atoms with Crippen LogP contribution in [0.5, 0.6) is 11.5 Å². The standard InChI is InChI=1S/C25H23ClN4O3S/c1-32-22-9-5-6-19(16-22)27-24(31)14-15-34-25-29-28-23(30(25)20-7-3-2-4-8-20)17-33-21-12-10-18(26)11-13-21/h2-13,16H,14-15,17H2,1H3,(H,27,31). The molecule has 0 aliphatic rings. The number of amides is 1. The van der Waals surface area contributed by atoms with Gasteiger partial charge in [0.15, 0.2) is 11.0 Å². The number of halogens is 1. The molecule has 7 nitrogen and oxygen atoms in total. The Hall–Kier alpha value is -3.49. The van der Waals surface area contributed by atoms with Gasteiger partial charge in [-0.25, -0.2) is 0 Å². The molecule has 1 heterocycles. The number of nitrogens with zero attached hydrogens (tertiary/aromatic N) is 3. The summed E-state index contributed by atoms with van der Waals surface area (Å²) in [5.74, 6) is 2.49. The van der Waals surface area contributed by atoms with E-state index in [1.54, 1.807) is 25.3 Å². The summed E-state index contributed by atoms with van der Waals surface area (Å²) >= 11 is 7.41. The van der Waals surface area contributed by atoms with Crippen molar-refractivity contribution in [2.24, 2.45) is 0 Å². The van der Waals surface area contributed by atoms with E-state index < -0.39 is 0 Å². The third-order valence-electron chi connectivity index (χ3n) is 4.81. The van der Waals surface area contributed by atoms with Crippen molar-refractivity contribution in [3.8, 4) is 17.2 Å². The third kappa shape index (κ3) is 6.30. The normalized spacial score (nSPS) is 10.6. The van der Waals surface area contributed by atoms with Gasteiger partial charge in [-0.05, 0) is 48.5 Å². The fourth-order valence-corrected chi connectivity index (χ4v) is 4.20. The van der Waals surface area contributed by atoms with Crippen LogP contribution in [-0.4, -0.2) is 33.5 Å². The lowest BCUT2D eigenvalue weighted by atomic mass is 10.3. The molecule has 0 aliphatic carbocycles. The number of ether oxygens (including phenoxy) is 2. The molecule has 0 atom stereocenters. The van der Waals surface area contributed by atoms with Crippen LogP contribution in [0.4, 0.5) is 5.69 Å². The molecule has 1 aromatic heterocycles. The fourth-order valence-electron chi connectivity index (χ4n) is 3.16. The van der Waals surface area contributed by atoms with Gasteiger partial charge in [0.05, 0.1) is 7.11 Å². The fraction of sp³-hybridized carbons (Fsp3) is 0.160. The molecule has 174 valence electrons. The Morgan fingerprint density at radius 1 is 1.00 bits per heavy atom. The number of thioether (sulfide) groups is 1. The van der Waals surface area contributed by atoms with E-state index in [4.69, 9.17) is 21.1 Å². The molecule has 1 amide bonds. The summed E-state index contributed by atoms with van der Waals surface area (Å²) < 4.78 is 13.0. The Morgan fingerprint density at radius 2 is 1.79 bits per heavy atom. The SMILES string of the molecule is COc1cccc(NC(=O)CCSc2nnc(COc3ccc(Cl)cc3)n2-c2ccccc2)c1. The van der Waals surface area contributed by atoms with Crippen molar-refractivity contribution in [2.45, 2.75) is 18.2 Å². The Morgan fingerprint density at radius 3 is 2.56 bits per heavy atom. The monoisotopic (exact) mass is 494 g/mol. The summed E-state index contributed by atoms with van der Waals surface area (Å²) in [6.45, 7) is 0.237. The van der Waals surface area contributed by atoms with E-state index >= 15 is 0 Å². The zero-order valence-electron chi connectivity index (χ0n) is 18.5. The zero-order chi connectivity index (χ0) is 23.8.